The summed E-state index contributed by atoms with van der Waals surface area (Å²) in [6.45, 7) is 0. The lowest BCUT2D eigenvalue weighted by Gasteiger charge is -2.12. The van der Waals surface area contributed by atoms with Gasteiger partial charge in [0.2, 0.25) is 0 Å². The second-order valence-electron chi connectivity index (χ2n) is 4.08. The third kappa shape index (κ3) is 2.66. The number of hydrogen-bond acceptors (Lipinski definition) is 4. The molecule has 0 heterocycles. The molecule has 0 spiro atoms. The molecule has 0 bridgehead atoms. The van der Waals surface area contributed by atoms with E-state index in [0.717, 1.165) is 0 Å². The van der Waals surface area contributed by atoms with Crippen molar-refractivity contribution in [3.8, 4) is 11.5 Å². The van der Waals surface area contributed by atoms with Crippen molar-refractivity contribution in [2.24, 2.45) is 0 Å². The molecule has 0 fully saturated rings. The minimum absolute atomic E-state index is 0.308. The number of para-hydroxylation sites is 3. The molecule has 0 aromatic heterocycles. The molecule has 2 aromatic carbocycles. The summed E-state index contributed by atoms with van der Waals surface area (Å²) in [5.74, 6) is 0.742. The van der Waals surface area contributed by atoms with Crippen molar-refractivity contribution in [3.05, 3.63) is 48.0 Å². The van der Waals surface area contributed by atoms with Crippen LogP contribution in [0.1, 0.15) is 10.4 Å². The molecule has 0 unspecified atom stereocenters. The highest BCUT2D eigenvalue weighted by Crippen LogP contribution is 2.27. The van der Waals surface area contributed by atoms with Crippen LogP contribution in [0.3, 0.4) is 0 Å². The summed E-state index contributed by atoms with van der Waals surface area (Å²) in [5, 5.41) is 2.77. The maximum absolute atomic E-state index is 12.3. The molecule has 0 atom stereocenters. The van der Waals surface area contributed by atoms with Crippen molar-refractivity contribution in [1.29, 1.82) is 0 Å². The van der Waals surface area contributed by atoms with E-state index >= 15 is 0 Å². The van der Waals surface area contributed by atoms with Crippen molar-refractivity contribution in [1.82, 2.24) is 0 Å². The summed E-state index contributed by atoms with van der Waals surface area (Å²) >= 11 is 0. The zero-order chi connectivity index (χ0) is 14.5. The Morgan fingerprint density at radius 1 is 1.00 bits per heavy atom. The topological polar surface area (TPSA) is 73.6 Å². The predicted molar refractivity (Wildman–Crippen MR) is 78.4 cm³/mol. The monoisotopic (exact) mass is 272 g/mol. The third-order valence-corrected chi connectivity index (χ3v) is 2.89. The molecule has 1 amide bonds. The Labute approximate surface area is 117 Å². The number of carbonyl (C=O) groups excluding carboxylic acids is 1. The fourth-order valence-corrected chi connectivity index (χ4v) is 1.86. The van der Waals surface area contributed by atoms with Crippen LogP contribution in [0.4, 0.5) is 11.4 Å². The van der Waals surface area contributed by atoms with Crippen molar-refractivity contribution < 1.29 is 14.3 Å². The molecule has 0 saturated heterocycles. The Hall–Kier alpha value is -2.69. The van der Waals surface area contributed by atoms with Gasteiger partial charge in [-0.3, -0.25) is 4.79 Å². The van der Waals surface area contributed by atoms with Crippen LogP contribution in [0.25, 0.3) is 0 Å². The number of nitrogens with one attached hydrogen (secondary N) is 1. The van der Waals surface area contributed by atoms with E-state index in [1.165, 1.54) is 7.11 Å². The first-order chi connectivity index (χ1) is 9.67. The standard InChI is InChI=1S/C15H16N2O3/c1-19-12-8-4-3-7-11(12)17-15(18)10-6-5-9-13(20-2)14(10)16/h3-9H,16H2,1-2H3,(H,17,18). The molecular weight excluding hydrogens is 256 g/mol. The number of anilines is 2. The van der Waals surface area contributed by atoms with Gasteiger partial charge >= 0.3 is 0 Å². The van der Waals surface area contributed by atoms with Crippen LogP contribution in [0.5, 0.6) is 11.5 Å². The Kier molecular flexibility index (Phi) is 4.10. The lowest BCUT2D eigenvalue weighted by atomic mass is 10.1. The normalized spacial score (nSPS) is 9.90. The molecule has 0 aliphatic carbocycles. The second kappa shape index (κ2) is 5.97. The van der Waals surface area contributed by atoms with E-state index in [4.69, 9.17) is 15.2 Å². The number of benzene rings is 2. The molecule has 5 heteroatoms. The molecular formula is C15H16N2O3. The van der Waals surface area contributed by atoms with Gasteiger partial charge in [-0.2, -0.15) is 0 Å². The maximum atomic E-state index is 12.3. The molecule has 0 radical (unpaired) electrons. The lowest BCUT2D eigenvalue weighted by molar-refractivity contribution is 0.102. The fraction of sp³-hybridized carbons (Fsp3) is 0.133. The molecule has 0 aliphatic heterocycles. The molecule has 104 valence electrons. The predicted octanol–water partition coefficient (Wildman–Crippen LogP) is 2.54. The SMILES string of the molecule is COc1ccccc1NC(=O)c1cccc(OC)c1N. The summed E-state index contributed by atoms with van der Waals surface area (Å²) in [7, 11) is 3.05. The van der Waals surface area contributed by atoms with Crippen LogP contribution in [0, 0.1) is 0 Å². The Bertz CT molecular complexity index is 626. The van der Waals surface area contributed by atoms with Gasteiger partial charge in [0.25, 0.3) is 5.91 Å². The Balaban J connectivity index is 2.29. The van der Waals surface area contributed by atoms with E-state index in [1.54, 1.807) is 37.4 Å². The van der Waals surface area contributed by atoms with Crippen LogP contribution in [-0.2, 0) is 0 Å². The minimum atomic E-state index is -0.314. The van der Waals surface area contributed by atoms with E-state index in [0.29, 0.717) is 28.4 Å². The van der Waals surface area contributed by atoms with Gasteiger partial charge in [0, 0.05) is 0 Å². The number of ether oxygens (including phenoxy) is 2. The zero-order valence-corrected chi connectivity index (χ0v) is 11.3. The number of carbonyl (C=O) groups is 1. The first-order valence-corrected chi connectivity index (χ1v) is 6.04. The average Bonchev–Trinajstić information content (AvgIpc) is 2.48. The summed E-state index contributed by atoms with van der Waals surface area (Å²) in [6.07, 6.45) is 0. The van der Waals surface area contributed by atoms with Crippen molar-refractivity contribution in [3.63, 3.8) is 0 Å². The van der Waals surface area contributed by atoms with Crippen molar-refractivity contribution >= 4 is 17.3 Å². The van der Waals surface area contributed by atoms with Crippen molar-refractivity contribution in [2.75, 3.05) is 25.3 Å². The van der Waals surface area contributed by atoms with Gasteiger partial charge in [0.05, 0.1) is 31.2 Å². The van der Waals surface area contributed by atoms with Crippen LogP contribution >= 0.6 is 0 Å². The number of methoxy groups -OCH3 is 2. The van der Waals surface area contributed by atoms with E-state index in [1.807, 2.05) is 12.1 Å². The van der Waals surface area contributed by atoms with Crippen molar-refractivity contribution in [2.45, 2.75) is 0 Å². The van der Waals surface area contributed by atoms with Gasteiger partial charge in [0.15, 0.2) is 0 Å². The molecule has 5 nitrogen and oxygen atoms in total. The summed E-state index contributed by atoms with van der Waals surface area (Å²) < 4.78 is 10.3. The maximum Gasteiger partial charge on any atom is 0.257 e. The quantitative estimate of drug-likeness (QED) is 0.839. The smallest absolute Gasteiger partial charge is 0.257 e. The third-order valence-electron chi connectivity index (χ3n) is 2.89. The summed E-state index contributed by atoms with van der Waals surface area (Å²) in [5.41, 5.74) is 7.15. The number of nitrogens with two attached hydrogens (primary N) is 1. The Morgan fingerprint density at radius 2 is 1.65 bits per heavy atom. The van der Waals surface area contributed by atoms with E-state index < -0.39 is 0 Å². The van der Waals surface area contributed by atoms with Gasteiger partial charge in [-0.1, -0.05) is 18.2 Å². The number of hydrogen-bond donors (Lipinski definition) is 2. The van der Waals surface area contributed by atoms with E-state index in [9.17, 15) is 4.79 Å². The van der Waals surface area contributed by atoms with E-state index in [-0.39, 0.29) is 5.91 Å². The van der Waals surface area contributed by atoms with Gasteiger partial charge in [0.1, 0.15) is 11.5 Å². The minimum Gasteiger partial charge on any atom is -0.495 e. The second-order valence-corrected chi connectivity index (χ2v) is 4.08. The van der Waals surface area contributed by atoms with Gasteiger partial charge in [-0.05, 0) is 24.3 Å². The zero-order valence-electron chi connectivity index (χ0n) is 11.3. The number of nitrogen functional groups attached to an aromatic ring is 1. The highest BCUT2D eigenvalue weighted by Gasteiger charge is 2.14. The molecule has 0 aliphatic rings. The van der Waals surface area contributed by atoms with E-state index in [2.05, 4.69) is 5.32 Å². The molecule has 20 heavy (non-hydrogen) atoms. The lowest BCUT2D eigenvalue weighted by Crippen LogP contribution is -2.15. The molecule has 2 aromatic rings. The summed E-state index contributed by atoms with van der Waals surface area (Å²) in [6, 6.07) is 12.2. The Morgan fingerprint density at radius 3 is 2.35 bits per heavy atom. The molecule has 2 rings (SSSR count). The van der Waals surface area contributed by atoms with Crippen LogP contribution in [-0.4, -0.2) is 20.1 Å². The van der Waals surface area contributed by atoms with Crippen LogP contribution in [0.2, 0.25) is 0 Å². The molecule has 3 N–H and O–H groups in total. The number of rotatable bonds is 4. The highest BCUT2D eigenvalue weighted by molar-refractivity contribution is 6.09. The summed E-state index contributed by atoms with van der Waals surface area (Å²) in [4.78, 5) is 12.3. The van der Waals surface area contributed by atoms with Crippen LogP contribution < -0.4 is 20.5 Å². The number of amides is 1. The molecule has 0 saturated carbocycles. The fourth-order valence-electron chi connectivity index (χ4n) is 1.86. The van der Waals surface area contributed by atoms with Crippen LogP contribution in [0.15, 0.2) is 42.5 Å². The first-order valence-electron chi connectivity index (χ1n) is 6.04. The average molecular weight is 272 g/mol. The highest BCUT2D eigenvalue weighted by atomic mass is 16.5. The van der Waals surface area contributed by atoms with Gasteiger partial charge in [-0.25, -0.2) is 0 Å². The van der Waals surface area contributed by atoms with Gasteiger partial charge < -0.3 is 20.5 Å². The first kappa shape index (κ1) is 13.7. The van der Waals surface area contributed by atoms with Gasteiger partial charge in [-0.15, -0.1) is 0 Å². The largest absolute Gasteiger partial charge is 0.495 e.